The van der Waals surface area contributed by atoms with Gasteiger partial charge in [-0.3, -0.25) is 0 Å². The zero-order valence-corrected chi connectivity index (χ0v) is 11.7. The molecule has 106 valence electrons. The molecule has 4 nitrogen and oxygen atoms in total. The van der Waals surface area contributed by atoms with Crippen molar-refractivity contribution in [1.29, 1.82) is 0 Å². The summed E-state index contributed by atoms with van der Waals surface area (Å²) in [6, 6.07) is 2.08. The number of carboxylic acid groups (broad SMARTS) is 1. The first kappa shape index (κ1) is 14.1. The fraction of sp³-hybridized carbons (Fsp3) is 0.667. The zero-order valence-electron chi connectivity index (χ0n) is 11.7. The minimum atomic E-state index is -0.923. The summed E-state index contributed by atoms with van der Waals surface area (Å²) < 4.78 is 5.47. The number of rotatable bonds is 5. The summed E-state index contributed by atoms with van der Waals surface area (Å²) >= 11 is 0. The molecule has 19 heavy (non-hydrogen) atoms. The third-order valence-corrected chi connectivity index (χ3v) is 4.15. The Morgan fingerprint density at radius 3 is 2.74 bits per heavy atom. The predicted octanol–water partition coefficient (Wildman–Crippen LogP) is 3.34. The number of aryl methyl sites for hydroxylation is 1. The van der Waals surface area contributed by atoms with E-state index in [2.05, 4.69) is 12.2 Å². The molecule has 0 aromatic carbocycles. The lowest BCUT2D eigenvalue weighted by atomic mass is 9.84. The Balaban J connectivity index is 1.87. The van der Waals surface area contributed by atoms with Crippen molar-refractivity contribution in [3.63, 3.8) is 0 Å². The number of carboxylic acids is 1. The molecule has 0 radical (unpaired) electrons. The number of furan rings is 1. The fourth-order valence-corrected chi connectivity index (χ4v) is 2.91. The normalized spacial score (nSPS) is 18.4. The smallest absolute Gasteiger partial charge is 0.339 e. The monoisotopic (exact) mass is 265 g/mol. The van der Waals surface area contributed by atoms with E-state index in [9.17, 15) is 4.79 Å². The van der Waals surface area contributed by atoms with E-state index < -0.39 is 5.97 Å². The molecular formula is C15H23NO3. The quantitative estimate of drug-likeness (QED) is 0.857. The first-order chi connectivity index (χ1) is 9.08. The molecule has 2 N–H and O–H groups in total. The van der Waals surface area contributed by atoms with E-state index in [-0.39, 0.29) is 5.56 Å². The van der Waals surface area contributed by atoms with E-state index in [0.29, 0.717) is 24.1 Å². The van der Waals surface area contributed by atoms with Crippen LogP contribution in [0.1, 0.15) is 60.9 Å². The molecule has 0 bridgehead atoms. The average Bonchev–Trinajstić information content (AvgIpc) is 2.78. The first-order valence-corrected chi connectivity index (χ1v) is 7.14. The van der Waals surface area contributed by atoms with Crippen molar-refractivity contribution >= 4 is 5.97 Å². The van der Waals surface area contributed by atoms with E-state index in [1.54, 1.807) is 13.0 Å². The van der Waals surface area contributed by atoms with Crippen LogP contribution in [0.25, 0.3) is 0 Å². The SMILES string of the molecule is Cc1oc(CN[C@@H](C)C2CCCCC2)cc1C(=O)O. The molecule has 0 saturated heterocycles. The Morgan fingerprint density at radius 1 is 1.47 bits per heavy atom. The molecule has 1 heterocycles. The molecule has 1 aromatic rings. The van der Waals surface area contributed by atoms with Gasteiger partial charge in [0.25, 0.3) is 0 Å². The highest BCUT2D eigenvalue weighted by atomic mass is 16.4. The Hall–Kier alpha value is -1.29. The molecule has 1 saturated carbocycles. The van der Waals surface area contributed by atoms with Gasteiger partial charge >= 0.3 is 5.97 Å². The van der Waals surface area contributed by atoms with Gasteiger partial charge in [0.2, 0.25) is 0 Å². The summed E-state index contributed by atoms with van der Waals surface area (Å²) in [6.07, 6.45) is 6.62. The molecule has 1 aliphatic rings. The molecule has 1 aliphatic carbocycles. The van der Waals surface area contributed by atoms with Crippen molar-refractivity contribution in [1.82, 2.24) is 5.32 Å². The summed E-state index contributed by atoms with van der Waals surface area (Å²) in [5, 5.41) is 12.4. The van der Waals surface area contributed by atoms with Crippen LogP contribution in [0, 0.1) is 12.8 Å². The van der Waals surface area contributed by atoms with Gasteiger partial charge in [-0.15, -0.1) is 0 Å². The third kappa shape index (κ3) is 3.60. The van der Waals surface area contributed by atoms with E-state index in [1.807, 2.05) is 0 Å². The number of nitrogens with one attached hydrogen (secondary N) is 1. The average molecular weight is 265 g/mol. The Morgan fingerprint density at radius 2 is 2.16 bits per heavy atom. The zero-order chi connectivity index (χ0) is 13.8. The molecule has 4 heteroatoms. The van der Waals surface area contributed by atoms with E-state index >= 15 is 0 Å². The van der Waals surface area contributed by atoms with Gasteiger partial charge in [0.1, 0.15) is 17.1 Å². The van der Waals surface area contributed by atoms with Crippen molar-refractivity contribution < 1.29 is 14.3 Å². The van der Waals surface area contributed by atoms with Crippen LogP contribution < -0.4 is 5.32 Å². The van der Waals surface area contributed by atoms with Crippen molar-refractivity contribution in [2.75, 3.05) is 0 Å². The largest absolute Gasteiger partial charge is 0.478 e. The van der Waals surface area contributed by atoms with Gasteiger partial charge in [0, 0.05) is 6.04 Å². The number of hydrogen-bond donors (Lipinski definition) is 2. The van der Waals surface area contributed by atoms with Gasteiger partial charge < -0.3 is 14.8 Å². The Bertz CT molecular complexity index is 433. The molecular weight excluding hydrogens is 242 g/mol. The fourth-order valence-electron chi connectivity index (χ4n) is 2.91. The van der Waals surface area contributed by atoms with Crippen molar-refractivity contribution in [3.05, 3.63) is 23.2 Å². The lowest BCUT2D eigenvalue weighted by Crippen LogP contribution is -2.34. The summed E-state index contributed by atoms with van der Waals surface area (Å²) in [6.45, 7) is 4.51. The van der Waals surface area contributed by atoms with Crippen LogP contribution in [-0.2, 0) is 6.54 Å². The maximum Gasteiger partial charge on any atom is 0.339 e. The number of carbonyl (C=O) groups is 1. The van der Waals surface area contributed by atoms with Gasteiger partial charge in [-0.2, -0.15) is 0 Å². The number of aromatic carboxylic acids is 1. The Kier molecular flexibility index (Phi) is 4.64. The molecule has 1 aromatic heterocycles. The van der Waals surface area contributed by atoms with Gasteiger partial charge in [0.05, 0.1) is 6.54 Å². The van der Waals surface area contributed by atoms with Crippen LogP contribution in [0.15, 0.2) is 10.5 Å². The Labute approximate surface area is 114 Å². The van der Waals surface area contributed by atoms with Crippen LogP contribution >= 0.6 is 0 Å². The van der Waals surface area contributed by atoms with Crippen LogP contribution in [0.3, 0.4) is 0 Å². The standard InChI is InChI=1S/C15H23NO3/c1-10(12-6-4-3-5-7-12)16-9-13-8-14(15(17)18)11(2)19-13/h8,10,12,16H,3-7,9H2,1-2H3,(H,17,18)/t10-/m0/s1. The van der Waals surface area contributed by atoms with Gasteiger partial charge in [0.15, 0.2) is 0 Å². The summed E-state index contributed by atoms with van der Waals surface area (Å²) in [5.74, 6) is 1.00. The minimum Gasteiger partial charge on any atom is -0.478 e. The van der Waals surface area contributed by atoms with E-state index in [4.69, 9.17) is 9.52 Å². The minimum absolute atomic E-state index is 0.266. The van der Waals surface area contributed by atoms with Crippen LogP contribution in [0.4, 0.5) is 0 Å². The van der Waals surface area contributed by atoms with E-state index in [0.717, 1.165) is 5.92 Å². The maximum absolute atomic E-state index is 10.9. The molecule has 0 amide bonds. The highest BCUT2D eigenvalue weighted by Gasteiger charge is 2.20. The van der Waals surface area contributed by atoms with Crippen molar-refractivity contribution in [3.8, 4) is 0 Å². The van der Waals surface area contributed by atoms with Crippen molar-refractivity contribution in [2.45, 2.75) is 58.5 Å². The molecule has 0 spiro atoms. The highest BCUT2D eigenvalue weighted by Crippen LogP contribution is 2.26. The molecule has 0 unspecified atom stereocenters. The van der Waals surface area contributed by atoms with Gasteiger partial charge in [-0.25, -0.2) is 4.79 Å². The molecule has 1 atom stereocenters. The second kappa shape index (κ2) is 6.24. The summed E-state index contributed by atoms with van der Waals surface area (Å²) in [7, 11) is 0. The molecule has 0 aliphatic heterocycles. The highest BCUT2D eigenvalue weighted by molar-refractivity contribution is 5.88. The topological polar surface area (TPSA) is 62.5 Å². The molecule has 1 fully saturated rings. The van der Waals surface area contributed by atoms with Gasteiger partial charge in [-0.1, -0.05) is 19.3 Å². The number of hydrogen-bond acceptors (Lipinski definition) is 3. The first-order valence-electron chi connectivity index (χ1n) is 7.14. The van der Waals surface area contributed by atoms with Crippen LogP contribution in [-0.4, -0.2) is 17.1 Å². The predicted molar refractivity (Wildman–Crippen MR) is 73.3 cm³/mol. The second-order valence-corrected chi connectivity index (χ2v) is 5.56. The maximum atomic E-state index is 10.9. The molecule has 2 rings (SSSR count). The third-order valence-electron chi connectivity index (χ3n) is 4.15. The van der Waals surface area contributed by atoms with Crippen LogP contribution in [0.5, 0.6) is 0 Å². The lowest BCUT2D eigenvalue weighted by molar-refractivity contribution is 0.0695. The van der Waals surface area contributed by atoms with Crippen molar-refractivity contribution in [2.24, 2.45) is 5.92 Å². The lowest BCUT2D eigenvalue weighted by Gasteiger charge is -2.28. The summed E-state index contributed by atoms with van der Waals surface area (Å²) in [4.78, 5) is 10.9. The van der Waals surface area contributed by atoms with Gasteiger partial charge in [-0.05, 0) is 38.7 Å². The van der Waals surface area contributed by atoms with E-state index in [1.165, 1.54) is 32.1 Å². The van der Waals surface area contributed by atoms with Crippen LogP contribution in [0.2, 0.25) is 0 Å². The second-order valence-electron chi connectivity index (χ2n) is 5.56. The summed E-state index contributed by atoms with van der Waals surface area (Å²) in [5.41, 5.74) is 0.266.